The summed E-state index contributed by atoms with van der Waals surface area (Å²) in [7, 11) is 2.31. The van der Waals surface area contributed by atoms with Crippen molar-refractivity contribution in [2.45, 2.75) is 103 Å². The summed E-state index contributed by atoms with van der Waals surface area (Å²) < 4.78 is 13.0. The van der Waals surface area contributed by atoms with Gasteiger partial charge in [-0.1, -0.05) is 47.0 Å². The molecule has 0 aromatic rings. The predicted octanol–water partition coefficient (Wildman–Crippen LogP) is 5.24. The van der Waals surface area contributed by atoms with Crippen molar-refractivity contribution in [1.82, 2.24) is 4.90 Å². The van der Waals surface area contributed by atoms with Crippen LogP contribution in [-0.2, 0) is 9.47 Å². The molecule has 1 heterocycles. The van der Waals surface area contributed by atoms with Gasteiger partial charge in [0.2, 0.25) is 0 Å². The molecule has 4 atom stereocenters. The van der Waals surface area contributed by atoms with Crippen LogP contribution in [0.15, 0.2) is 0 Å². The highest BCUT2D eigenvalue weighted by atomic mass is 16.7. The fourth-order valence-corrected chi connectivity index (χ4v) is 5.38. The van der Waals surface area contributed by atoms with Gasteiger partial charge >= 0.3 is 0 Å². The number of nitrogens with zero attached hydrogens (tertiary/aromatic N) is 1. The molecule has 1 aliphatic heterocycles. The summed E-state index contributed by atoms with van der Waals surface area (Å²) in [5, 5.41) is 0. The van der Waals surface area contributed by atoms with Gasteiger partial charge < -0.3 is 14.4 Å². The summed E-state index contributed by atoms with van der Waals surface area (Å²) in [6.45, 7) is 11.4. The molecule has 1 spiro atoms. The van der Waals surface area contributed by atoms with E-state index in [9.17, 15) is 0 Å². The molecular weight excluding hydrogens is 310 g/mol. The first-order valence-corrected chi connectivity index (χ1v) is 10.8. The van der Waals surface area contributed by atoms with E-state index in [2.05, 4.69) is 39.6 Å². The van der Waals surface area contributed by atoms with Crippen LogP contribution in [0.2, 0.25) is 0 Å². The molecular formula is C22H41NO2. The van der Waals surface area contributed by atoms with Crippen LogP contribution in [0.5, 0.6) is 0 Å². The van der Waals surface area contributed by atoms with Crippen LogP contribution in [0.3, 0.4) is 0 Å². The fourth-order valence-electron chi connectivity index (χ4n) is 5.38. The second-order valence-corrected chi connectivity index (χ2v) is 10.2. The third-order valence-electron chi connectivity index (χ3n) is 7.30. The number of hydrogen-bond acceptors (Lipinski definition) is 3. The highest BCUT2D eigenvalue weighted by molar-refractivity contribution is 4.92. The lowest BCUT2D eigenvalue weighted by atomic mass is 9.67. The van der Waals surface area contributed by atoms with Gasteiger partial charge in [0.25, 0.3) is 0 Å². The van der Waals surface area contributed by atoms with Gasteiger partial charge in [0.15, 0.2) is 5.79 Å². The lowest BCUT2D eigenvalue weighted by Crippen LogP contribution is -2.55. The summed E-state index contributed by atoms with van der Waals surface area (Å²) in [5.41, 5.74) is 0.394. The molecule has 3 aliphatic rings. The van der Waals surface area contributed by atoms with Gasteiger partial charge in [0.05, 0.1) is 12.7 Å². The van der Waals surface area contributed by atoms with Gasteiger partial charge in [0, 0.05) is 24.9 Å². The van der Waals surface area contributed by atoms with Crippen molar-refractivity contribution < 1.29 is 9.47 Å². The monoisotopic (exact) mass is 351 g/mol. The topological polar surface area (TPSA) is 21.7 Å². The maximum Gasteiger partial charge on any atom is 0.171 e. The highest BCUT2D eigenvalue weighted by Crippen LogP contribution is 2.48. The van der Waals surface area contributed by atoms with Crippen LogP contribution in [-0.4, -0.2) is 43.0 Å². The summed E-state index contributed by atoms with van der Waals surface area (Å²) >= 11 is 0. The Morgan fingerprint density at radius 1 is 1.04 bits per heavy atom. The molecule has 0 amide bonds. The molecule has 0 N–H and O–H groups in total. The Morgan fingerprint density at radius 2 is 1.76 bits per heavy atom. The van der Waals surface area contributed by atoms with Crippen molar-refractivity contribution in [1.29, 1.82) is 0 Å². The molecule has 25 heavy (non-hydrogen) atoms. The molecule has 4 unspecified atom stereocenters. The third-order valence-corrected chi connectivity index (χ3v) is 7.30. The molecule has 0 bridgehead atoms. The van der Waals surface area contributed by atoms with Gasteiger partial charge in [-0.15, -0.1) is 0 Å². The minimum absolute atomic E-state index is 0.307. The summed E-state index contributed by atoms with van der Waals surface area (Å²) in [4.78, 5) is 2.58. The molecule has 0 aromatic carbocycles. The quantitative estimate of drug-likeness (QED) is 0.694. The maximum absolute atomic E-state index is 6.69. The van der Waals surface area contributed by atoms with Gasteiger partial charge in [-0.05, 0) is 50.5 Å². The zero-order valence-electron chi connectivity index (χ0n) is 17.4. The van der Waals surface area contributed by atoms with Crippen LogP contribution in [0.1, 0.15) is 85.5 Å². The van der Waals surface area contributed by atoms with Gasteiger partial charge in [0.1, 0.15) is 0 Å². The molecule has 0 radical (unpaired) electrons. The largest absolute Gasteiger partial charge is 0.350 e. The zero-order valence-corrected chi connectivity index (χ0v) is 17.4. The number of hydrogen-bond donors (Lipinski definition) is 0. The Bertz CT molecular complexity index is 426. The summed E-state index contributed by atoms with van der Waals surface area (Å²) in [6, 6.07) is 0.769. The van der Waals surface area contributed by atoms with Crippen molar-refractivity contribution in [3.8, 4) is 0 Å². The van der Waals surface area contributed by atoms with Crippen molar-refractivity contribution in [2.24, 2.45) is 17.3 Å². The number of rotatable bonds is 3. The van der Waals surface area contributed by atoms with E-state index in [0.717, 1.165) is 38.0 Å². The lowest BCUT2D eigenvalue weighted by Gasteiger charge is -2.51. The van der Waals surface area contributed by atoms with Crippen molar-refractivity contribution >= 4 is 0 Å². The lowest BCUT2D eigenvalue weighted by molar-refractivity contribution is -0.332. The molecule has 1 saturated heterocycles. The molecule has 2 aliphatic carbocycles. The van der Waals surface area contributed by atoms with Crippen LogP contribution in [0, 0.1) is 17.3 Å². The van der Waals surface area contributed by atoms with E-state index in [1.165, 1.54) is 44.9 Å². The average molecular weight is 352 g/mol. The summed E-state index contributed by atoms with van der Waals surface area (Å²) in [5.74, 6) is 0.969. The van der Waals surface area contributed by atoms with E-state index >= 15 is 0 Å². The predicted molar refractivity (Wildman–Crippen MR) is 104 cm³/mol. The molecule has 146 valence electrons. The first-order chi connectivity index (χ1) is 11.8. The smallest absolute Gasteiger partial charge is 0.171 e. The third kappa shape index (κ3) is 4.59. The maximum atomic E-state index is 6.69. The first kappa shape index (κ1) is 19.6. The van der Waals surface area contributed by atoms with Gasteiger partial charge in [-0.25, -0.2) is 0 Å². The SMILES string of the molecule is CC1CC(C(C)(C)C)CCC12OCCC(CN(C)C1CCCCC1)O2. The minimum Gasteiger partial charge on any atom is -0.350 e. The first-order valence-electron chi connectivity index (χ1n) is 10.8. The van der Waals surface area contributed by atoms with Gasteiger partial charge in [-0.2, -0.15) is 0 Å². The van der Waals surface area contributed by atoms with Crippen LogP contribution >= 0.6 is 0 Å². The summed E-state index contributed by atoms with van der Waals surface area (Å²) in [6.07, 6.45) is 11.9. The van der Waals surface area contributed by atoms with Crippen molar-refractivity contribution in [2.75, 3.05) is 20.2 Å². The molecule has 0 aromatic heterocycles. The van der Waals surface area contributed by atoms with E-state index in [4.69, 9.17) is 9.47 Å². The normalized spacial score (nSPS) is 38.4. The van der Waals surface area contributed by atoms with Gasteiger partial charge in [-0.3, -0.25) is 0 Å². The highest BCUT2D eigenvalue weighted by Gasteiger charge is 2.48. The minimum atomic E-state index is -0.307. The van der Waals surface area contributed by atoms with E-state index in [-0.39, 0.29) is 5.79 Å². The van der Waals surface area contributed by atoms with Crippen LogP contribution < -0.4 is 0 Å². The van der Waals surface area contributed by atoms with E-state index < -0.39 is 0 Å². The number of ether oxygens (including phenoxy) is 2. The van der Waals surface area contributed by atoms with E-state index in [1.54, 1.807) is 0 Å². The molecule has 3 fully saturated rings. The molecule has 2 saturated carbocycles. The Labute approximate surface area is 155 Å². The fraction of sp³-hybridized carbons (Fsp3) is 1.00. The van der Waals surface area contributed by atoms with E-state index in [0.29, 0.717) is 17.4 Å². The second kappa shape index (κ2) is 7.86. The number of likely N-dealkylation sites (N-methyl/N-ethyl adjacent to an activating group) is 1. The second-order valence-electron chi connectivity index (χ2n) is 10.2. The van der Waals surface area contributed by atoms with Crippen molar-refractivity contribution in [3.05, 3.63) is 0 Å². The molecule has 3 rings (SSSR count). The Balaban J connectivity index is 1.57. The van der Waals surface area contributed by atoms with Crippen LogP contribution in [0.4, 0.5) is 0 Å². The molecule has 3 heteroatoms. The van der Waals surface area contributed by atoms with Crippen LogP contribution in [0.25, 0.3) is 0 Å². The Morgan fingerprint density at radius 3 is 2.40 bits per heavy atom. The Kier molecular flexibility index (Phi) is 6.17. The zero-order chi connectivity index (χ0) is 18.1. The molecule has 3 nitrogen and oxygen atoms in total. The average Bonchev–Trinajstić information content (AvgIpc) is 2.57. The Hall–Kier alpha value is -0.120. The van der Waals surface area contributed by atoms with Crippen molar-refractivity contribution in [3.63, 3.8) is 0 Å². The standard InChI is InChI=1S/C22H41NO2/c1-17-15-18(21(2,3)4)11-13-22(17)24-14-12-20(25-22)16-23(5)19-9-7-6-8-10-19/h17-20H,6-16H2,1-5H3. The van der Waals surface area contributed by atoms with E-state index in [1.807, 2.05) is 0 Å².